The Hall–Kier alpha value is -1.39. The molecular weight excluding hydrogens is 302 g/mol. The van der Waals surface area contributed by atoms with Crippen LogP contribution in [-0.2, 0) is 11.2 Å². The van der Waals surface area contributed by atoms with Gasteiger partial charge in [0.1, 0.15) is 17.4 Å². The molecule has 0 fully saturated rings. The number of halogens is 3. The molecule has 0 N–H and O–H groups in total. The zero-order chi connectivity index (χ0) is 14.5. The minimum absolute atomic E-state index is 0.0420. The highest BCUT2D eigenvalue weighted by Gasteiger charge is 2.10. The zero-order valence-corrected chi connectivity index (χ0v) is 12.0. The molecule has 0 saturated heterocycles. The van der Waals surface area contributed by atoms with Gasteiger partial charge in [-0.15, -0.1) is 11.8 Å². The van der Waals surface area contributed by atoms with Crippen molar-refractivity contribution in [3.63, 3.8) is 0 Å². The maximum Gasteiger partial charge on any atom is 0.147 e. The van der Waals surface area contributed by atoms with Crippen LogP contribution in [0.3, 0.4) is 0 Å². The average Bonchev–Trinajstić information content (AvgIpc) is 2.40. The predicted molar refractivity (Wildman–Crippen MR) is 77.2 cm³/mol. The fraction of sp³-hybridized carbons (Fsp3) is 0.133. The van der Waals surface area contributed by atoms with Gasteiger partial charge in [0.15, 0.2) is 0 Å². The van der Waals surface area contributed by atoms with E-state index in [1.807, 2.05) is 6.07 Å². The maximum absolute atomic E-state index is 13.4. The SMILES string of the molecule is O=C(CSc1cccc(Cl)c1)Cc1ccc(F)cc1F. The van der Waals surface area contributed by atoms with Crippen LogP contribution in [0.5, 0.6) is 0 Å². The third kappa shape index (κ3) is 4.32. The first-order chi connectivity index (χ1) is 9.54. The van der Waals surface area contributed by atoms with Crippen molar-refractivity contribution in [2.45, 2.75) is 11.3 Å². The molecule has 104 valence electrons. The van der Waals surface area contributed by atoms with Gasteiger partial charge in [-0.2, -0.15) is 0 Å². The maximum atomic E-state index is 13.4. The molecule has 0 atom stereocenters. The second-order valence-electron chi connectivity index (χ2n) is 4.20. The van der Waals surface area contributed by atoms with Gasteiger partial charge in [0.05, 0.1) is 5.75 Å². The van der Waals surface area contributed by atoms with Gasteiger partial charge in [0, 0.05) is 22.4 Å². The number of rotatable bonds is 5. The summed E-state index contributed by atoms with van der Waals surface area (Å²) in [6.07, 6.45) is -0.0420. The molecule has 0 amide bonds. The van der Waals surface area contributed by atoms with Crippen molar-refractivity contribution in [1.82, 2.24) is 0 Å². The minimum Gasteiger partial charge on any atom is -0.298 e. The van der Waals surface area contributed by atoms with E-state index in [-0.39, 0.29) is 23.5 Å². The highest BCUT2D eigenvalue weighted by Crippen LogP contribution is 2.22. The second-order valence-corrected chi connectivity index (χ2v) is 5.68. The molecule has 0 bridgehead atoms. The minimum atomic E-state index is -0.689. The van der Waals surface area contributed by atoms with Crippen LogP contribution in [0, 0.1) is 11.6 Å². The van der Waals surface area contributed by atoms with Crippen molar-refractivity contribution in [3.05, 3.63) is 64.7 Å². The first-order valence-electron chi connectivity index (χ1n) is 5.88. The van der Waals surface area contributed by atoms with E-state index in [1.165, 1.54) is 17.8 Å². The molecule has 2 aromatic rings. The molecule has 20 heavy (non-hydrogen) atoms. The normalized spacial score (nSPS) is 10.6. The molecule has 0 spiro atoms. The number of carbonyl (C=O) groups is 1. The third-order valence-electron chi connectivity index (χ3n) is 2.60. The van der Waals surface area contributed by atoms with Crippen LogP contribution in [0.2, 0.25) is 5.02 Å². The number of Topliss-reactive ketones (excluding diaryl/α,β-unsaturated/α-hetero) is 1. The molecule has 0 radical (unpaired) electrons. The summed E-state index contributed by atoms with van der Waals surface area (Å²) in [7, 11) is 0. The van der Waals surface area contributed by atoms with E-state index < -0.39 is 11.6 Å². The molecule has 1 nitrogen and oxygen atoms in total. The number of ketones is 1. The Morgan fingerprint density at radius 2 is 1.95 bits per heavy atom. The summed E-state index contributed by atoms with van der Waals surface area (Å²) >= 11 is 7.18. The van der Waals surface area contributed by atoms with Crippen LogP contribution in [-0.4, -0.2) is 11.5 Å². The molecule has 2 aromatic carbocycles. The summed E-state index contributed by atoms with van der Waals surface area (Å²) in [6.45, 7) is 0. The van der Waals surface area contributed by atoms with Crippen LogP contribution in [0.25, 0.3) is 0 Å². The summed E-state index contributed by atoms with van der Waals surface area (Å²) in [5, 5.41) is 0.604. The summed E-state index contributed by atoms with van der Waals surface area (Å²) in [4.78, 5) is 12.7. The van der Waals surface area contributed by atoms with E-state index >= 15 is 0 Å². The molecule has 0 unspecified atom stereocenters. The Bertz CT molecular complexity index is 631. The van der Waals surface area contributed by atoms with Gasteiger partial charge in [-0.25, -0.2) is 8.78 Å². The molecule has 0 heterocycles. The predicted octanol–water partition coefficient (Wildman–Crippen LogP) is 4.52. The molecule has 5 heteroatoms. The highest BCUT2D eigenvalue weighted by molar-refractivity contribution is 8.00. The fourth-order valence-corrected chi connectivity index (χ4v) is 2.72. The van der Waals surface area contributed by atoms with Gasteiger partial charge in [0.25, 0.3) is 0 Å². The molecule has 0 saturated carbocycles. The van der Waals surface area contributed by atoms with E-state index in [2.05, 4.69) is 0 Å². The van der Waals surface area contributed by atoms with Gasteiger partial charge in [0.2, 0.25) is 0 Å². The summed E-state index contributed by atoms with van der Waals surface area (Å²) in [6, 6.07) is 10.4. The van der Waals surface area contributed by atoms with E-state index in [9.17, 15) is 13.6 Å². The summed E-state index contributed by atoms with van der Waals surface area (Å²) < 4.78 is 26.2. The Balaban J connectivity index is 1.92. The second kappa shape index (κ2) is 6.86. The lowest BCUT2D eigenvalue weighted by Crippen LogP contribution is -2.07. The number of thioether (sulfide) groups is 1. The lowest BCUT2D eigenvalue weighted by molar-refractivity contribution is -0.116. The Labute approximate surface area is 125 Å². The topological polar surface area (TPSA) is 17.1 Å². The van der Waals surface area contributed by atoms with Gasteiger partial charge in [-0.3, -0.25) is 4.79 Å². The first-order valence-corrected chi connectivity index (χ1v) is 7.25. The lowest BCUT2D eigenvalue weighted by Gasteiger charge is -2.04. The lowest BCUT2D eigenvalue weighted by atomic mass is 10.1. The van der Waals surface area contributed by atoms with Gasteiger partial charge < -0.3 is 0 Å². The molecule has 0 aromatic heterocycles. The Morgan fingerprint density at radius 1 is 1.15 bits per heavy atom. The first kappa shape index (κ1) is 15.0. The number of benzene rings is 2. The Kier molecular flexibility index (Phi) is 5.15. The van der Waals surface area contributed by atoms with Crippen molar-refractivity contribution in [1.29, 1.82) is 0 Å². The summed E-state index contributed by atoms with van der Waals surface area (Å²) in [5.41, 5.74) is 0.211. The van der Waals surface area contributed by atoms with Crippen molar-refractivity contribution in [2.75, 3.05) is 5.75 Å². The van der Waals surface area contributed by atoms with Crippen LogP contribution < -0.4 is 0 Å². The average molecular weight is 313 g/mol. The highest BCUT2D eigenvalue weighted by atomic mass is 35.5. The Morgan fingerprint density at radius 3 is 2.65 bits per heavy atom. The van der Waals surface area contributed by atoms with E-state index in [0.29, 0.717) is 5.02 Å². The molecule has 0 aliphatic heterocycles. The van der Waals surface area contributed by atoms with Crippen molar-refractivity contribution < 1.29 is 13.6 Å². The van der Waals surface area contributed by atoms with Crippen LogP contribution in [0.1, 0.15) is 5.56 Å². The van der Waals surface area contributed by atoms with Gasteiger partial charge in [-0.05, 0) is 29.8 Å². The largest absolute Gasteiger partial charge is 0.298 e. The number of carbonyl (C=O) groups excluding carboxylic acids is 1. The number of hydrogen-bond donors (Lipinski definition) is 0. The quantitative estimate of drug-likeness (QED) is 0.755. The van der Waals surface area contributed by atoms with E-state index in [4.69, 9.17) is 11.6 Å². The van der Waals surface area contributed by atoms with Crippen LogP contribution >= 0.6 is 23.4 Å². The zero-order valence-electron chi connectivity index (χ0n) is 10.4. The van der Waals surface area contributed by atoms with Crippen molar-refractivity contribution in [2.24, 2.45) is 0 Å². The van der Waals surface area contributed by atoms with Gasteiger partial charge >= 0.3 is 0 Å². The molecular formula is C15H11ClF2OS. The molecule has 0 aliphatic rings. The van der Waals surface area contributed by atoms with Crippen molar-refractivity contribution >= 4 is 29.1 Å². The standard InChI is InChI=1S/C15H11ClF2OS/c16-11-2-1-3-14(7-11)20-9-13(19)6-10-4-5-12(17)8-15(10)18/h1-5,7-8H,6,9H2. The fourth-order valence-electron chi connectivity index (χ4n) is 1.65. The monoisotopic (exact) mass is 312 g/mol. The number of hydrogen-bond acceptors (Lipinski definition) is 2. The van der Waals surface area contributed by atoms with Crippen LogP contribution in [0.15, 0.2) is 47.4 Å². The van der Waals surface area contributed by atoms with Crippen LogP contribution in [0.4, 0.5) is 8.78 Å². The van der Waals surface area contributed by atoms with Gasteiger partial charge in [-0.1, -0.05) is 23.7 Å². The van der Waals surface area contributed by atoms with Crippen molar-refractivity contribution in [3.8, 4) is 0 Å². The van der Waals surface area contributed by atoms with E-state index in [1.54, 1.807) is 18.2 Å². The molecule has 2 rings (SSSR count). The third-order valence-corrected chi connectivity index (χ3v) is 3.89. The smallest absolute Gasteiger partial charge is 0.147 e. The molecule has 0 aliphatic carbocycles. The van der Waals surface area contributed by atoms with E-state index in [0.717, 1.165) is 17.0 Å². The summed E-state index contributed by atoms with van der Waals surface area (Å²) in [5.74, 6) is -1.24.